The van der Waals surface area contributed by atoms with Crippen LogP contribution in [0.4, 0.5) is 0 Å². The van der Waals surface area contributed by atoms with Gasteiger partial charge < -0.3 is 4.74 Å². The van der Waals surface area contributed by atoms with Crippen LogP contribution in [0.15, 0.2) is 42.0 Å². The molecule has 0 bridgehead atoms. The fourth-order valence-corrected chi connectivity index (χ4v) is 2.38. The van der Waals surface area contributed by atoms with Gasteiger partial charge >= 0.3 is 5.97 Å². The Balaban J connectivity index is 2.11. The van der Waals surface area contributed by atoms with Gasteiger partial charge in [-0.15, -0.1) is 0 Å². The normalized spacial score (nSPS) is 13.4. The Labute approximate surface area is 99.9 Å². The molecule has 0 aliphatic heterocycles. The van der Waals surface area contributed by atoms with Crippen LogP contribution < -0.4 is 0 Å². The Morgan fingerprint density at radius 1 is 1.24 bits per heavy atom. The second-order valence-corrected chi connectivity index (χ2v) is 4.20. The maximum atomic E-state index is 11.5. The van der Waals surface area contributed by atoms with E-state index in [-0.39, 0.29) is 5.97 Å². The Morgan fingerprint density at radius 2 is 2.06 bits per heavy atom. The summed E-state index contributed by atoms with van der Waals surface area (Å²) in [6, 6.07) is 12.4. The molecule has 3 aliphatic rings. The van der Waals surface area contributed by atoms with Crippen molar-refractivity contribution < 1.29 is 9.53 Å². The second kappa shape index (κ2) is 3.74. The van der Waals surface area contributed by atoms with E-state index in [1.54, 1.807) is 0 Å². The third kappa shape index (κ3) is 1.53. The van der Waals surface area contributed by atoms with E-state index in [0.717, 1.165) is 11.1 Å². The molecule has 3 aliphatic carbocycles. The predicted octanol–water partition coefficient (Wildman–Crippen LogP) is 2.90. The maximum Gasteiger partial charge on any atom is 0.334 e. The number of hydrogen-bond acceptors (Lipinski definition) is 2. The van der Waals surface area contributed by atoms with Crippen molar-refractivity contribution in [1.82, 2.24) is 0 Å². The van der Waals surface area contributed by atoms with Crippen molar-refractivity contribution in [3.8, 4) is 11.1 Å². The smallest absolute Gasteiger partial charge is 0.334 e. The van der Waals surface area contributed by atoms with Crippen LogP contribution >= 0.6 is 0 Å². The quantitative estimate of drug-likeness (QED) is 0.696. The molecule has 3 rings (SSSR count). The second-order valence-electron chi connectivity index (χ2n) is 4.20. The number of hydrogen-bond donors (Lipinski definition) is 0. The monoisotopic (exact) mass is 224 g/mol. The van der Waals surface area contributed by atoms with Gasteiger partial charge in [-0.3, -0.25) is 0 Å². The molecule has 2 nitrogen and oxygen atoms in total. The van der Waals surface area contributed by atoms with Crippen molar-refractivity contribution >= 4 is 12.0 Å². The summed E-state index contributed by atoms with van der Waals surface area (Å²) in [5.41, 5.74) is 5.54. The van der Waals surface area contributed by atoms with Gasteiger partial charge in [0.2, 0.25) is 0 Å². The molecule has 0 radical (unpaired) electrons. The zero-order valence-corrected chi connectivity index (χ0v) is 9.57. The van der Waals surface area contributed by atoms with Crippen LogP contribution in [-0.4, -0.2) is 13.1 Å². The van der Waals surface area contributed by atoms with Crippen molar-refractivity contribution in [3.63, 3.8) is 0 Å². The molecule has 0 heterocycles. The summed E-state index contributed by atoms with van der Waals surface area (Å²) in [5.74, 6) is -0.227. The van der Waals surface area contributed by atoms with Crippen LogP contribution in [-0.2, 0) is 16.0 Å². The summed E-state index contributed by atoms with van der Waals surface area (Å²) in [6.07, 6.45) is 2.63. The molecule has 0 saturated carbocycles. The minimum Gasteiger partial charge on any atom is -0.466 e. The Hall–Kier alpha value is -2.09. The predicted molar refractivity (Wildman–Crippen MR) is 66.8 cm³/mol. The fourth-order valence-electron chi connectivity index (χ4n) is 2.38. The Kier molecular flexibility index (Phi) is 2.22. The molecule has 84 valence electrons. The van der Waals surface area contributed by atoms with E-state index >= 15 is 0 Å². The molecule has 0 atom stereocenters. The first-order valence-corrected chi connectivity index (χ1v) is 5.59. The molecule has 2 heteroatoms. The SMILES string of the molecule is COC(=O)C1=Cc2c(cc3cccccc2-3)C1. The highest BCUT2D eigenvalue weighted by molar-refractivity contribution is 5.99. The molecule has 0 aromatic heterocycles. The van der Waals surface area contributed by atoms with Gasteiger partial charge in [0.1, 0.15) is 0 Å². The molecule has 0 spiro atoms. The van der Waals surface area contributed by atoms with Crippen LogP contribution in [0.3, 0.4) is 0 Å². The summed E-state index contributed by atoms with van der Waals surface area (Å²) < 4.78 is 4.76. The molecular weight excluding hydrogens is 212 g/mol. The maximum absolute atomic E-state index is 11.5. The van der Waals surface area contributed by atoms with Crippen molar-refractivity contribution in [2.45, 2.75) is 6.42 Å². The lowest BCUT2D eigenvalue weighted by atomic mass is 10.1. The number of carbonyl (C=O) groups excluding carboxylic acids is 1. The van der Waals surface area contributed by atoms with Crippen LogP contribution in [0.1, 0.15) is 11.1 Å². The van der Waals surface area contributed by atoms with Crippen molar-refractivity contribution in [3.05, 3.63) is 53.1 Å². The zero-order chi connectivity index (χ0) is 11.8. The topological polar surface area (TPSA) is 26.3 Å². The molecule has 0 N–H and O–H groups in total. The van der Waals surface area contributed by atoms with Crippen molar-refractivity contribution in [1.29, 1.82) is 0 Å². The third-order valence-electron chi connectivity index (χ3n) is 3.18. The molecular formula is C15H12O2. The van der Waals surface area contributed by atoms with Crippen LogP contribution in [0, 0.1) is 0 Å². The van der Waals surface area contributed by atoms with Crippen LogP contribution in [0.5, 0.6) is 0 Å². The minimum absolute atomic E-state index is 0.227. The van der Waals surface area contributed by atoms with Gasteiger partial charge in [0.25, 0.3) is 0 Å². The van der Waals surface area contributed by atoms with Gasteiger partial charge in [-0.2, -0.15) is 0 Å². The summed E-state index contributed by atoms with van der Waals surface area (Å²) in [6.45, 7) is 0. The fraction of sp³-hybridized carbons (Fsp3) is 0.133. The first-order chi connectivity index (χ1) is 8.29. The molecule has 0 aromatic rings. The van der Waals surface area contributed by atoms with Gasteiger partial charge in [0, 0.05) is 12.0 Å². The number of ether oxygens (including phenoxy) is 1. The number of fused-ring (bicyclic) bond motifs is 3. The van der Waals surface area contributed by atoms with E-state index in [0.29, 0.717) is 6.42 Å². The van der Waals surface area contributed by atoms with E-state index in [4.69, 9.17) is 4.74 Å². The van der Waals surface area contributed by atoms with Gasteiger partial charge in [0.05, 0.1) is 7.11 Å². The van der Waals surface area contributed by atoms with E-state index in [1.807, 2.05) is 24.3 Å². The number of rotatable bonds is 1. The summed E-state index contributed by atoms with van der Waals surface area (Å²) in [5, 5.41) is 0. The largest absolute Gasteiger partial charge is 0.466 e. The highest BCUT2D eigenvalue weighted by Crippen LogP contribution is 2.38. The average Bonchev–Trinajstić information content (AvgIpc) is 2.79. The Bertz CT molecular complexity index is 596. The van der Waals surface area contributed by atoms with Gasteiger partial charge in [0.15, 0.2) is 0 Å². The molecule has 0 fully saturated rings. The summed E-state index contributed by atoms with van der Waals surface area (Å²) >= 11 is 0. The average molecular weight is 224 g/mol. The van der Waals surface area contributed by atoms with E-state index < -0.39 is 0 Å². The lowest BCUT2D eigenvalue weighted by molar-refractivity contribution is -0.136. The Morgan fingerprint density at radius 3 is 2.88 bits per heavy atom. The first-order valence-electron chi connectivity index (χ1n) is 5.59. The van der Waals surface area contributed by atoms with Crippen molar-refractivity contribution in [2.75, 3.05) is 7.11 Å². The van der Waals surface area contributed by atoms with Crippen LogP contribution in [0.25, 0.3) is 17.2 Å². The van der Waals surface area contributed by atoms with E-state index in [9.17, 15) is 4.79 Å². The highest BCUT2D eigenvalue weighted by atomic mass is 16.5. The van der Waals surface area contributed by atoms with Gasteiger partial charge in [-0.25, -0.2) is 4.79 Å². The number of methoxy groups -OCH3 is 1. The van der Waals surface area contributed by atoms with Crippen LogP contribution in [0.2, 0.25) is 0 Å². The van der Waals surface area contributed by atoms with E-state index in [1.165, 1.54) is 23.8 Å². The number of carbonyl (C=O) groups is 1. The molecule has 0 amide bonds. The zero-order valence-electron chi connectivity index (χ0n) is 9.57. The standard InChI is InChI=1S/C15H12O2/c1-17-15(16)12-8-11-7-10-5-3-2-4-6-13(10)14(11)9-12/h2-7,9H,8H2,1H3. The lowest BCUT2D eigenvalue weighted by Crippen LogP contribution is -2.03. The lowest BCUT2D eigenvalue weighted by Gasteiger charge is -1.98. The number of esters is 1. The third-order valence-corrected chi connectivity index (χ3v) is 3.18. The molecule has 17 heavy (non-hydrogen) atoms. The van der Waals surface area contributed by atoms with Crippen molar-refractivity contribution in [2.24, 2.45) is 0 Å². The first kappa shape index (κ1) is 10.1. The van der Waals surface area contributed by atoms with Gasteiger partial charge in [-0.05, 0) is 28.3 Å². The molecule has 0 saturated heterocycles. The molecule has 0 aromatic carbocycles. The van der Waals surface area contributed by atoms with E-state index in [2.05, 4.69) is 18.2 Å². The van der Waals surface area contributed by atoms with Gasteiger partial charge in [-0.1, -0.05) is 36.4 Å². The minimum atomic E-state index is -0.227. The summed E-state index contributed by atoms with van der Waals surface area (Å²) in [7, 11) is 1.42. The highest BCUT2D eigenvalue weighted by Gasteiger charge is 2.23. The summed E-state index contributed by atoms with van der Waals surface area (Å²) in [4.78, 5) is 11.5. The molecule has 0 unspecified atom stereocenters.